The van der Waals surface area contributed by atoms with E-state index in [2.05, 4.69) is 69.1 Å². The van der Waals surface area contributed by atoms with Crippen LogP contribution in [0.4, 0.5) is 9.59 Å². The number of aromatic amines is 2. The third-order valence-corrected chi connectivity index (χ3v) is 12.4. The first kappa shape index (κ1) is 38.9. The molecule has 1 unspecified atom stereocenters. The van der Waals surface area contributed by atoms with Crippen LogP contribution in [0.1, 0.15) is 83.5 Å². The Kier molecular flexibility index (Phi) is 10.6. The number of piperidine rings is 1. The van der Waals surface area contributed by atoms with Crippen LogP contribution in [0, 0.1) is 17.8 Å². The molecule has 3 fully saturated rings. The van der Waals surface area contributed by atoms with Gasteiger partial charge in [-0.3, -0.25) is 9.59 Å². The van der Waals surface area contributed by atoms with Crippen LogP contribution in [0.3, 0.4) is 0 Å². The zero-order valence-electron chi connectivity index (χ0n) is 33.9. The number of aromatic nitrogens is 4. The number of hydrogen-bond donors (Lipinski definition) is 4. The third kappa shape index (κ3) is 7.13. The van der Waals surface area contributed by atoms with Crippen molar-refractivity contribution in [2.45, 2.75) is 90.0 Å². The SMILES string of the molecule is COC(=O)NC(C(=O)N1[C@@H]2CC[C@@H](C2)[C@H]1c1ncc(-c2ccc(-c3ccc4c(ccc5nc([C@@H]6CCCN6C(=O)[C@@H](NC(=O)OC)C(C)C)[nH]c54)c3)cc2)[nH]1)C(C)C. The first-order chi connectivity index (χ1) is 27.9. The lowest BCUT2D eigenvalue weighted by molar-refractivity contribution is -0.139. The fourth-order valence-electron chi connectivity index (χ4n) is 9.35. The molecule has 3 aromatic carbocycles. The number of likely N-dealkylation sites (tertiary alicyclic amines) is 2. The maximum atomic E-state index is 14.0. The molecule has 4 heterocycles. The molecular formula is C44H52N8O6. The van der Waals surface area contributed by atoms with E-state index in [4.69, 9.17) is 19.4 Å². The van der Waals surface area contributed by atoms with E-state index in [0.29, 0.717) is 12.5 Å². The van der Waals surface area contributed by atoms with Gasteiger partial charge in [-0.25, -0.2) is 19.6 Å². The zero-order chi connectivity index (χ0) is 40.8. The number of methoxy groups -OCH3 is 2. The van der Waals surface area contributed by atoms with E-state index in [9.17, 15) is 19.2 Å². The normalized spacial score (nSPS) is 21.2. The van der Waals surface area contributed by atoms with Crippen molar-refractivity contribution in [3.8, 4) is 22.4 Å². The summed E-state index contributed by atoms with van der Waals surface area (Å²) >= 11 is 0. The molecule has 0 radical (unpaired) electrons. The molecule has 8 rings (SSSR count). The molecule has 4 N–H and O–H groups in total. The number of nitrogens with one attached hydrogen (secondary N) is 4. The van der Waals surface area contributed by atoms with Crippen LogP contribution in [0.2, 0.25) is 0 Å². The monoisotopic (exact) mass is 788 g/mol. The number of H-pyrrole nitrogens is 2. The number of rotatable bonds is 10. The molecule has 5 aromatic rings. The van der Waals surface area contributed by atoms with Crippen molar-refractivity contribution in [2.75, 3.05) is 20.8 Å². The number of ether oxygens (including phenoxy) is 2. The summed E-state index contributed by atoms with van der Waals surface area (Å²) in [6.45, 7) is 8.26. The Labute approximate surface area is 337 Å². The molecule has 2 bridgehead atoms. The van der Waals surface area contributed by atoms with Gasteiger partial charge in [0.15, 0.2) is 0 Å². The first-order valence-corrected chi connectivity index (χ1v) is 20.3. The van der Waals surface area contributed by atoms with E-state index in [1.165, 1.54) is 14.2 Å². The molecule has 2 aromatic heterocycles. The van der Waals surface area contributed by atoms with Crippen molar-refractivity contribution in [2.24, 2.45) is 17.8 Å². The molecule has 2 saturated heterocycles. The highest BCUT2D eigenvalue weighted by atomic mass is 16.5. The molecule has 58 heavy (non-hydrogen) atoms. The van der Waals surface area contributed by atoms with Crippen molar-refractivity contribution in [1.29, 1.82) is 0 Å². The highest BCUT2D eigenvalue weighted by Crippen LogP contribution is 2.50. The number of nitrogens with zero attached hydrogens (tertiary/aromatic N) is 4. The molecule has 14 nitrogen and oxygen atoms in total. The minimum absolute atomic E-state index is 0.0948. The van der Waals surface area contributed by atoms with Crippen LogP contribution < -0.4 is 10.6 Å². The van der Waals surface area contributed by atoms with Gasteiger partial charge in [-0.15, -0.1) is 0 Å². The molecule has 6 atom stereocenters. The summed E-state index contributed by atoms with van der Waals surface area (Å²) in [6.07, 6.45) is 5.15. The fourth-order valence-corrected chi connectivity index (χ4v) is 9.35. The van der Waals surface area contributed by atoms with Crippen LogP contribution in [-0.2, 0) is 19.1 Å². The average molecular weight is 789 g/mol. The molecular weight excluding hydrogens is 737 g/mol. The van der Waals surface area contributed by atoms with Crippen molar-refractivity contribution >= 4 is 45.8 Å². The summed E-state index contributed by atoms with van der Waals surface area (Å²) in [5.41, 5.74) is 5.77. The van der Waals surface area contributed by atoms with Gasteiger partial charge in [-0.2, -0.15) is 0 Å². The van der Waals surface area contributed by atoms with Gasteiger partial charge in [0.25, 0.3) is 0 Å². The first-order valence-electron chi connectivity index (χ1n) is 20.3. The molecule has 1 aliphatic carbocycles. The second-order valence-corrected chi connectivity index (χ2v) is 16.6. The Morgan fingerprint density at radius 2 is 1.45 bits per heavy atom. The van der Waals surface area contributed by atoms with Gasteiger partial charge in [0.1, 0.15) is 23.7 Å². The topological polar surface area (TPSA) is 175 Å². The van der Waals surface area contributed by atoms with Gasteiger partial charge < -0.3 is 39.9 Å². The number of carbonyl (C=O) groups is 4. The van der Waals surface area contributed by atoms with Crippen LogP contribution in [0.25, 0.3) is 44.2 Å². The fraction of sp³-hybridized carbons (Fsp3) is 0.455. The van der Waals surface area contributed by atoms with Crippen molar-refractivity contribution < 1.29 is 28.7 Å². The summed E-state index contributed by atoms with van der Waals surface area (Å²) in [6, 6.07) is 17.2. The molecule has 4 amide bonds. The van der Waals surface area contributed by atoms with E-state index >= 15 is 0 Å². The quantitative estimate of drug-likeness (QED) is 0.115. The highest BCUT2D eigenvalue weighted by Gasteiger charge is 2.51. The van der Waals surface area contributed by atoms with Crippen LogP contribution >= 0.6 is 0 Å². The van der Waals surface area contributed by atoms with E-state index in [1.54, 1.807) is 0 Å². The Morgan fingerprint density at radius 1 is 0.776 bits per heavy atom. The van der Waals surface area contributed by atoms with Crippen LogP contribution in [-0.4, -0.2) is 92.6 Å². The number of hydrogen-bond acceptors (Lipinski definition) is 8. The summed E-state index contributed by atoms with van der Waals surface area (Å²) in [5.74, 6) is 1.37. The number of carbonyl (C=O) groups excluding carboxylic acids is 4. The second-order valence-electron chi connectivity index (χ2n) is 16.6. The van der Waals surface area contributed by atoms with Crippen LogP contribution in [0.5, 0.6) is 0 Å². The van der Waals surface area contributed by atoms with Gasteiger partial charge in [0, 0.05) is 18.0 Å². The number of benzene rings is 3. The standard InChI is InChI=1S/C44H52N8O6/c1-23(2)35(49-43(55)57-5)41(53)51-19-7-8-34(51)39-46-32-18-15-28-20-27(14-17-31(28)37(32)48-39)25-9-11-26(12-10-25)33-22-45-40(47-33)38-29-13-16-30(21-29)52(38)42(54)36(24(3)4)50-44(56)58-6/h9-12,14-15,17-18,20,22-24,29-30,34-36,38H,7-8,13,16,19,21H2,1-6H3,(H,45,47)(H,46,48)(H,49,55)(H,50,56)/t29-,30+,34-,35-,36?,38-/m0/s1. The highest BCUT2D eigenvalue weighted by molar-refractivity contribution is 6.05. The zero-order valence-corrected chi connectivity index (χ0v) is 33.9. The largest absolute Gasteiger partial charge is 0.453 e. The third-order valence-electron chi connectivity index (χ3n) is 12.4. The predicted molar refractivity (Wildman–Crippen MR) is 219 cm³/mol. The summed E-state index contributed by atoms with van der Waals surface area (Å²) in [7, 11) is 2.60. The smallest absolute Gasteiger partial charge is 0.407 e. The van der Waals surface area contributed by atoms with Gasteiger partial charge in [-0.05, 0) is 84.1 Å². The lowest BCUT2D eigenvalue weighted by atomic mass is 9.95. The van der Waals surface area contributed by atoms with Gasteiger partial charge in [0.2, 0.25) is 11.8 Å². The maximum absolute atomic E-state index is 14.0. The van der Waals surface area contributed by atoms with Gasteiger partial charge in [-0.1, -0.05) is 70.2 Å². The summed E-state index contributed by atoms with van der Waals surface area (Å²) < 4.78 is 9.61. The number of alkyl carbamates (subject to hydrolysis) is 2. The van der Waals surface area contributed by atoms with Crippen molar-refractivity contribution in [1.82, 2.24) is 40.4 Å². The summed E-state index contributed by atoms with van der Waals surface area (Å²) in [5, 5.41) is 7.58. The second kappa shape index (κ2) is 15.8. The molecule has 2 aliphatic heterocycles. The van der Waals surface area contributed by atoms with E-state index in [1.807, 2.05) is 49.8 Å². The average Bonchev–Trinajstić information content (AvgIpc) is 4.09. The van der Waals surface area contributed by atoms with Crippen LogP contribution in [0.15, 0.2) is 60.8 Å². The Balaban J connectivity index is 0.997. The lowest BCUT2D eigenvalue weighted by Crippen LogP contribution is -2.54. The lowest BCUT2D eigenvalue weighted by Gasteiger charge is -2.37. The maximum Gasteiger partial charge on any atom is 0.407 e. The van der Waals surface area contributed by atoms with Crippen molar-refractivity contribution in [3.05, 3.63) is 72.4 Å². The molecule has 14 heteroatoms. The van der Waals surface area contributed by atoms with Gasteiger partial charge >= 0.3 is 12.2 Å². The predicted octanol–water partition coefficient (Wildman–Crippen LogP) is 7.25. The molecule has 3 aliphatic rings. The molecule has 304 valence electrons. The number of amides is 4. The molecule has 0 spiro atoms. The summed E-state index contributed by atoms with van der Waals surface area (Å²) in [4.78, 5) is 72.4. The molecule has 1 saturated carbocycles. The Hall–Kier alpha value is -5.92. The Bertz CT molecular complexity index is 2350. The van der Waals surface area contributed by atoms with Gasteiger partial charge in [0.05, 0.1) is 49.2 Å². The minimum Gasteiger partial charge on any atom is -0.453 e. The number of imidazole rings is 2. The van der Waals surface area contributed by atoms with E-state index < -0.39 is 24.3 Å². The number of fused-ring (bicyclic) bond motifs is 5. The van der Waals surface area contributed by atoms with Crippen molar-refractivity contribution in [3.63, 3.8) is 0 Å². The van der Waals surface area contributed by atoms with E-state index in [0.717, 1.165) is 87.9 Å². The Morgan fingerprint density at radius 3 is 2.14 bits per heavy atom. The van der Waals surface area contributed by atoms with E-state index in [-0.39, 0.29) is 41.8 Å². The minimum atomic E-state index is -0.695.